The van der Waals surface area contributed by atoms with E-state index in [2.05, 4.69) is 15.5 Å². The molecule has 1 N–H and O–H groups in total. The van der Waals surface area contributed by atoms with Crippen molar-refractivity contribution in [3.8, 4) is 5.75 Å². The van der Waals surface area contributed by atoms with Gasteiger partial charge in [0.1, 0.15) is 11.9 Å². The Labute approximate surface area is 145 Å². The van der Waals surface area contributed by atoms with Crippen molar-refractivity contribution in [1.82, 2.24) is 15.5 Å². The monoisotopic (exact) mass is 343 g/mol. The standard InChI is InChI=1S/C18H21N3O4/c1-11-2-5-13(9-19-11)24-17-10-23-7-6-14(17)20-18(22)16-8-15(21-25-16)12-3-4-12/h2,5,8-9,12,14,17H,3-4,6-7,10H2,1H3,(H,20,22)/t14-,17+/m1/s1. The molecule has 1 aliphatic heterocycles. The van der Waals surface area contributed by atoms with Gasteiger partial charge in [0.05, 0.1) is 24.5 Å². The second-order valence-corrected chi connectivity index (χ2v) is 6.63. The largest absolute Gasteiger partial charge is 0.484 e. The molecule has 2 aromatic heterocycles. The van der Waals surface area contributed by atoms with Gasteiger partial charge in [-0.3, -0.25) is 9.78 Å². The Kier molecular flexibility index (Phi) is 4.40. The van der Waals surface area contributed by atoms with Crippen molar-refractivity contribution < 1.29 is 18.8 Å². The maximum absolute atomic E-state index is 12.5. The molecule has 1 aliphatic carbocycles. The SMILES string of the molecule is Cc1ccc(O[C@H]2COCC[C@H]2NC(=O)c2cc(C3CC3)no2)cn1. The normalized spacial score (nSPS) is 23.2. The second kappa shape index (κ2) is 6.84. The van der Waals surface area contributed by atoms with Gasteiger partial charge < -0.3 is 19.3 Å². The fraction of sp³-hybridized carbons (Fsp3) is 0.500. The molecule has 1 saturated carbocycles. The van der Waals surface area contributed by atoms with Crippen molar-refractivity contribution in [3.63, 3.8) is 0 Å². The zero-order chi connectivity index (χ0) is 17.2. The minimum Gasteiger partial charge on any atom is -0.484 e. The first-order valence-corrected chi connectivity index (χ1v) is 8.63. The highest BCUT2D eigenvalue weighted by Gasteiger charge is 2.32. The van der Waals surface area contributed by atoms with Crippen LogP contribution in [0.1, 0.15) is 47.1 Å². The lowest BCUT2D eigenvalue weighted by molar-refractivity contribution is -0.0139. The Hall–Kier alpha value is -2.41. The van der Waals surface area contributed by atoms with Crippen molar-refractivity contribution in [2.75, 3.05) is 13.2 Å². The molecular weight excluding hydrogens is 322 g/mol. The lowest BCUT2D eigenvalue weighted by Gasteiger charge is -2.32. The molecule has 1 saturated heterocycles. The first kappa shape index (κ1) is 16.1. The first-order valence-electron chi connectivity index (χ1n) is 8.63. The molecule has 2 aromatic rings. The Bertz CT molecular complexity index is 739. The summed E-state index contributed by atoms with van der Waals surface area (Å²) >= 11 is 0. The third kappa shape index (κ3) is 3.82. The van der Waals surface area contributed by atoms with E-state index in [4.69, 9.17) is 14.0 Å². The van der Waals surface area contributed by atoms with E-state index in [9.17, 15) is 4.79 Å². The fourth-order valence-electron chi connectivity index (χ4n) is 2.90. The molecule has 0 radical (unpaired) electrons. The highest BCUT2D eigenvalue weighted by atomic mass is 16.5. The molecule has 7 nitrogen and oxygen atoms in total. The van der Waals surface area contributed by atoms with E-state index in [1.54, 1.807) is 12.3 Å². The summed E-state index contributed by atoms with van der Waals surface area (Å²) in [5.74, 6) is 1.11. The molecule has 0 aromatic carbocycles. The van der Waals surface area contributed by atoms with E-state index in [1.807, 2.05) is 19.1 Å². The van der Waals surface area contributed by atoms with Gasteiger partial charge in [-0.25, -0.2) is 0 Å². The van der Waals surface area contributed by atoms with Crippen LogP contribution in [0, 0.1) is 6.92 Å². The molecule has 2 atom stereocenters. The minimum atomic E-state index is -0.270. The van der Waals surface area contributed by atoms with Crippen LogP contribution in [-0.4, -0.2) is 41.4 Å². The van der Waals surface area contributed by atoms with Crippen LogP contribution < -0.4 is 10.1 Å². The van der Waals surface area contributed by atoms with Crippen LogP contribution >= 0.6 is 0 Å². The van der Waals surface area contributed by atoms with Gasteiger partial charge in [-0.05, 0) is 38.3 Å². The number of hydrogen-bond acceptors (Lipinski definition) is 6. The summed E-state index contributed by atoms with van der Waals surface area (Å²) in [6.45, 7) is 2.92. The predicted molar refractivity (Wildman–Crippen MR) is 88.6 cm³/mol. The number of amides is 1. The Morgan fingerprint density at radius 3 is 2.96 bits per heavy atom. The molecule has 132 valence electrons. The van der Waals surface area contributed by atoms with Crippen LogP contribution in [0.3, 0.4) is 0 Å². The summed E-state index contributed by atoms with van der Waals surface area (Å²) in [5.41, 5.74) is 1.80. The number of aromatic nitrogens is 2. The van der Waals surface area contributed by atoms with E-state index in [0.717, 1.165) is 24.2 Å². The van der Waals surface area contributed by atoms with Crippen molar-refractivity contribution >= 4 is 5.91 Å². The molecule has 3 heterocycles. The van der Waals surface area contributed by atoms with Crippen LogP contribution in [0.5, 0.6) is 5.75 Å². The van der Waals surface area contributed by atoms with Gasteiger partial charge in [0, 0.05) is 24.3 Å². The Morgan fingerprint density at radius 1 is 1.32 bits per heavy atom. The molecule has 0 spiro atoms. The van der Waals surface area contributed by atoms with Gasteiger partial charge in [-0.1, -0.05) is 5.16 Å². The molecule has 1 amide bonds. The number of pyridine rings is 1. The van der Waals surface area contributed by atoms with Gasteiger partial charge in [0.2, 0.25) is 5.76 Å². The van der Waals surface area contributed by atoms with E-state index >= 15 is 0 Å². The quantitative estimate of drug-likeness (QED) is 0.896. The summed E-state index contributed by atoms with van der Waals surface area (Å²) < 4.78 is 16.7. The highest BCUT2D eigenvalue weighted by molar-refractivity contribution is 5.91. The summed E-state index contributed by atoms with van der Waals surface area (Å²) in [6, 6.07) is 5.35. The van der Waals surface area contributed by atoms with E-state index in [1.165, 1.54) is 0 Å². The molecular formula is C18H21N3O4. The zero-order valence-electron chi connectivity index (χ0n) is 14.1. The molecule has 2 aliphatic rings. The van der Waals surface area contributed by atoms with Gasteiger partial charge in [-0.2, -0.15) is 0 Å². The van der Waals surface area contributed by atoms with E-state index < -0.39 is 0 Å². The predicted octanol–water partition coefficient (Wildman–Crippen LogP) is 2.22. The van der Waals surface area contributed by atoms with Crippen molar-refractivity contribution in [2.24, 2.45) is 0 Å². The number of rotatable bonds is 5. The van der Waals surface area contributed by atoms with E-state index in [-0.39, 0.29) is 23.8 Å². The van der Waals surface area contributed by atoms with Crippen LogP contribution in [0.4, 0.5) is 0 Å². The number of nitrogens with zero attached hydrogens (tertiary/aromatic N) is 2. The Balaban J connectivity index is 1.41. The third-order valence-electron chi connectivity index (χ3n) is 4.54. The summed E-state index contributed by atoms with van der Waals surface area (Å²) in [7, 11) is 0. The number of hydrogen-bond donors (Lipinski definition) is 1. The highest BCUT2D eigenvalue weighted by Crippen LogP contribution is 2.39. The molecule has 7 heteroatoms. The fourth-order valence-corrected chi connectivity index (χ4v) is 2.90. The maximum atomic E-state index is 12.5. The van der Waals surface area contributed by atoms with Crippen LogP contribution in [0.2, 0.25) is 0 Å². The van der Waals surface area contributed by atoms with Crippen LogP contribution in [-0.2, 0) is 4.74 Å². The number of carbonyl (C=O) groups is 1. The lowest BCUT2D eigenvalue weighted by atomic mass is 10.1. The average molecular weight is 343 g/mol. The number of carbonyl (C=O) groups excluding carboxylic acids is 1. The summed E-state index contributed by atoms with van der Waals surface area (Å²) in [6.07, 6.45) is 4.33. The molecule has 25 heavy (non-hydrogen) atoms. The molecule has 2 fully saturated rings. The van der Waals surface area contributed by atoms with Gasteiger partial charge in [-0.15, -0.1) is 0 Å². The topological polar surface area (TPSA) is 86.5 Å². The summed E-state index contributed by atoms with van der Waals surface area (Å²) in [4.78, 5) is 16.7. The van der Waals surface area contributed by atoms with Gasteiger partial charge in [0.25, 0.3) is 5.91 Å². The molecule has 0 bridgehead atoms. The van der Waals surface area contributed by atoms with Crippen molar-refractivity contribution in [3.05, 3.63) is 41.5 Å². The Morgan fingerprint density at radius 2 is 2.20 bits per heavy atom. The average Bonchev–Trinajstić information content (AvgIpc) is 3.35. The van der Waals surface area contributed by atoms with Crippen LogP contribution in [0.15, 0.2) is 28.9 Å². The zero-order valence-corrected chi connectivity index (χ0v) is 14.1. The number of nitrogens with one attached hydrogen (secondary N) is 1. The van der Waals surface area contributed by atoms with Gasteiger partial charge >= 0.3 is 0 Å². The lowest BCUT2D eigenvalue weighted by Crippen LogP contribution is -2.51. The third-order valence-corrected chi connectivity index (χ3v) is 4.54. The molecule has 4 rings (SSSR count). The maximum Gasteiger partial charge on any atom is 0.290 e. The minimum absolute atomic E-state index is 0.156. The number of aryl methyl sites for hydroxylation is 1. The van der Waals surface area contributed by atoms with Gasteiger partial charge in [0.15, 0.2) is 0 Å². The van der Waals surface area contributed by atoms with Crippen molar-refractivity contribution in [1.29, 1.82) is 0 Å². The number of ether oxygens (including phenoxy) is 2. The van der Waals surface area contributed by atoms with Crippen LogP contribution in [0.25, 0.3) is 0 Å². The smallest absolute Gasteiger partial charge is 0.290 e. The first-order chi connectivity index (χ1) is 12.2. The molecule has 0 unspecified atom stereocenters. The summed E-state index contributed by atoms with van der Waals surface area (Å²) in [5, 5.41) is 6.98. The second-order valence-electron chi connectivity index (χ2n) is 6.63. The van der Waals surface area contributed by atoms with E-state index in [0.29, 0.717) is 31.3 Å². The van der Waals surface area contributed by atoms with Crippen molar-refractivity contribution in [2.45, 2.75) is 44.2 Å².